The fourth-order valence-corrected chi connectivity index (χ4v) is 1.86. The van der Waals surface area contributed by atoms with Crippen LogP contribution in [0.25, 0.3) is 0 Å². The number of hydrogen-bond donors (Lipinski definition) is 1. The SMILES string of the molecule is CCCCCCCCOC(=O)c1ccccc1ON. The van der Waals surface area contributed by atoms with Crippen molar-refractivity contribution in [2.75, 3.05) is 6.61 Å². The maximum absolute atomic E-state index is 11.8. The number of ether oxygens (including phenoxy) is 1. The van der Waals surface area contributed by atoms with Crippen molar-refractivity contribution in [3.63, 3.8) is 0 Å². The summed E-state index contributed by atoms with van der Waals surface area (Å²) in [4.78, 5) is 16.4. The van der Waals surface area contributed by atoms with E-state index in [9.17, 15) is 4.79 Å². The standard InChI is InChI=1S/C15H23NO3/c1-2-3-4-5-6-9-12-18-15(17)13-10-7-8-11-14(13)19-16/h7-8,10-11H,2-6,9,12,16H2,1H3. The first-order valence-corrected chi connectivity index (χ1v) is 6.92. The molecule has 0 atom stereocenters. The largest absolute Gasteiger partial charge is 0.462 e. The summed E-state index contributed by atoms with van der Waals surface area (Å²) in [5.74, 6) is 5.07. The van der Waals surface area contributed by atoms with E-state index < -0.39 is 0 Å². The van der Waals surface area contributed by atoms with E-state index >= 15 is 0 Å². The molecule has 0 radical (unpaired) electrons. The number of unbranched alkanes of at least 4 members (excludes halogenated alkanes) is 5. The molecule has 0 amide bonds. The van der Waals surface area contributed by atoms with Crippen molar-refractivity contribution in [2.24, 2.45) is 5.90 Å². The third kappa shape index (κ3) is 5.75. The molecule has 1 aromatic carbocycles. The Morgan fingerprint density at radius 2 is 1.79 bits per heavy atom. The van der Waals surface area contributed by atoms with Gasteiger partial charge in [0.05, 0.1) is 6.61 Å². The van der Waals surface area contributed by atoms with E-state index in [4.69, 9.17) is 10.6 Å². The van der Waals surface area contributed by atoms with Gasteiger partial charge >= 0.3 is 5.97 Å². The molecule has 4 heteroatoms. The number of hydrogen-bond acceptors (Lipinski definition) is 4. The lowest BCUT2D eigenvalue weighted by Gasteiger charge is -2.07. The molecule has 2 N–H and O–H groups in total. The lowest BCUT2D eigenvalue weighted by atomic mass is 10.1. The molecule has 0 aliphatic rings. The summed E-state index contributed by atoms with van der Waals surface area (Å²) in [7, 11) is 0. The average molecular weight is 265 g/mol. The van der Waals surface area contributed by atoms with E-state index in [1.165, 1.54) is 25.7 Å². The van der Waals surface area contributed by atoms with E-state index in [1.807, 2.05) is 0 Å². The van der Waals surface area contributed by atoms with Crippen LogP contribution in [-0.4, -0.2) is 12.6 Å². The van der Waals surface area contributed by atoms with Crippen LogP contribution in [0.3, 0.4) is 0 Å². The van der Waals surface area contributed by atoms with Crippen LogP contribution >= 0.6 is 0 Å². The number of carbonyl (C=O) groups excluding carboxylic acids is 1. The van der Waals surface area contributed by atoms with Crippen molar-refractivity contribution in [1.82, 2.24) is 0 Å². The average Bonchev–Trinajstić information content (AvgIpc) is 2.46. The van der Waals surface area contributed by atoms with E-state index in [2.05, 4.69) is 11.8 Å². The molecular formula is C15H23NO3. The second-order valence-electron chi connectivity index (χ2n) is 4.52. The number of para-hydroxylation sites is 1. The summed E-state index contributed by atoms with van der Waals surface area (Å²) in [5.41, 5.74) is 0.371. The van der Waals surface area contributed by atoms with Crippen LogP contribution in [-0.2, 0) is 4.74 Å². The zero-order valence-corrected chi connectivity index (χ0v) is 11.6. The molecule has 0 saturated heterocycles. The highest BCUT2D eigenvalue weighted by molar-refractivity contribution is 5.92. The number of nitrogens with two attached hydrogens (primary N) is 1. The van der Waals surface area contributed by atoms with Crippen LogP contribution in [0.1, 0.15) is 55.8 Å². The fourth-order valence-electron chi connectivity index (χ4n) is 1.86. The molecule has 1 rings (SSSR count). The molecule has 106 valence electrons. The number of carbonyl (C=O) groups is 1. The van der Waals surface area contributed by atoms with Crippen LogP contribution in [0.5, 0.6) is 5.75 Å². The minimum absolute atomic E-state index is 0.343. The summed E-state index contributed by atoms with van der Waals surface area (Å²) >= 11 is 0. The van der Waals surface area contributed by atoms with Gasteiger partial charge < -0.3 is 9.57 Å². The molecule has 19 heavy (non-hydrogen) atoms. The number of rotatable bonds is 9. The predicted octanol–water partition coefficient (Wildman–Crippen LogP) is 3.46. The molecule has 1 aromatic rings. The van der Waals surface area contributed by atoms with E-state index in [0.717, 1.165) is 12.8 Å². The summed E-state index contributed by atoms with van der Waals surface area (Å²) < 4.78 is 5.20. The molecule has 0 saturated carbocycles. The highest BCUT2D eigenvalue weighted by Crippen LogP contribution is 2.17. The lowest BCUT2D eigenvalue weighted by Crippen LogP contribution is -2.11. The second-order valence-corrected chi connectivity index (χ2v) is 4.52. The third-order valence-electron chi connectivity index (χ3n) is 2.96. The fraction of sp³-hybridized carbons (Fsp3) is 0.533. The lowest BCUT2D eigenvalue weighted by molar-refractivity contribution is 0.0493. The summed E-state index contributed by atoms with van der Waals surface area (Å²) in [5, 5.41) is 0. The Morgan fingerprint density at radius 3 is 2.53 bits per heavy atom. The van der Waals surface area contributed by atoms with Gasteiger partial charge in [0.15, 0.2) is 5.75 Å². The first kappa shape index (κ1) is 15.5. The van der Waals surface area contributed by atoms with Gasteiger partial charge in [-0.15, -0.1) is 0 Å². The quantitative estimate of drug-likeness (QED) is 0.422. The topological polar surface area (TPSA) is 61.5 Å². The Bertz CT molecular complexity index is 379. The van der Waals surface area contributed by atoms with Crippen molar-refractivity contribution in [1.29, 1.82) is 0 Å². The molecule has 0 unspecified atom stereocenters. The van der Waals surface area contributed by atoms with Crippen LogP contribution in [0.15, 0.2) is 24.3 Å². The van der Waals surface area contributed by atoms with Gasteiger partial charge in [-0.3, -0.25) is 0 Å². The Hall–Kier alpha value is -1.55. The minimum atomic E-state index is -0.380. The highest BCUT2D eigenvalue weighted by atomic mass is 16.6. The van der Waals surface area contributed by atoms with Crippen LogP contribution < -0.4 is 10.7 Å². The molecular weight excluding hydrogens is 242 g/mol. The molecule has 0 spiro atoms. The summed E-state index contributed by atoms with van der Waals surface area (Å²) in [6, 6.07) is 6.80. The van der Waals surface area contributed by atoms with Crippen LogP contribution in [0.4, 0.5) is 0 Å². The first-order chi connectivity index (χ1) is 9.29. The molecule has 0 aromatic heterocycles. The highest BCUT2D eigenvalue weighted by Gasteiger charge is 2.12. The van der Waals surface area contributed by atoms with Gasteiger partial charge in [0.25, 0.3) is 0 Å². The van der Waals surface area contributed by atoms with Crippen molar-refractivity contribution in [3.8, 4) is 5.75 Å². The normalized spacial score (nSPS) is 10.2. The van der Waals surface area contributed by atoms with Crippen LogP contribution in [0, 0.1) is 0 Å². The molecule has 0 aliphatic carbocycles. The van der Waals surface area contributed by atoms with Gasteiger partial charge in [0, 0.05) is 0 Å². The van der Waals surface area contributed by atoms with E-state index in [-0.39, 0.29) is 5.97 Å². The van der Waals surface area contributed by atoms with Gasteiger partial charge in [-0.05, 0) is 18.6 Å². The second kappa shape index (κ2) is 9.39. The molecule has 0 aliphatic heterocycles. The number of esters is 1. The molecule has 0 heterocycles. The Balaban J connectivity index is 2.24. The monoisotopic (exact) mass is 265 g/mol. The van der Waals surface area contributed by atoms with Crippen LogP contribution in [0.2, 0.25) is 0 Å². The van der Waals surface area contributed by atoms with Gasteiger partial charge in [-0.2, -0.15) is 5.90 Å². The Labute approximate surface area is 114 Å². The number of benzene rings is 1. The molecule has 0 fully saturated rings. The van der Waals surface area contributed by atoms with Gasteiger partial charge in [-0.1, -0.05) is 51.2 Å². The molecule has 0 bridgehead atoms. The minimum Gasteiger partial charge on any atom is -0.462 e. The van der Waals surface area contributed by atoms with E-state index in [0.29, 0.717) is 17.9 Å². The van der Waals surface area contributed by atoms with E-state index in [1.54, 1.807) is 24.3 Å². The summed E-state index contributed by atoms with van der Waals surface area (Å²) in [6.07, 6.45) is 6.98. The Morgan fingerprint density at radius 1 is 1.11 bits per heavy atom. The predicted molar refractivity (Wildman–Crippen MR) is 74.9 cm³/mol. The van der Waals surface area contributed by atoms with Crippen molar-refractivity contribution < 1.29 is 14.4 Å². The van der Waals surface area contributed by atoms with Gasteiger partial charge in [0.1, 0.15) is 5.56 Å². The van der Waals surface area contributed by atoms with Gasteiger partial charge in [0.2, 0.25) is 0 Å². The van der Waals surface area contributed by atoms with Crippen molar-refractivity contribution >= 4 is 5.97 Å². The van der Waals surface area contributed by atoms with Gasteiger partial charge in [-0.25, -0.2) is 4.79 Å². The third-order valence-corrected chi connectivity index (χ3v) is 2.96. The maximum atomic E-state index is 11.8. The van der Waals surface area contributed by atoms with Crippen molar-refractivity contribution in [2.45, 2.75) is 45.4 Å². The Kier molecular flexibility index (Phi) is 7.66. The maximum Gasteiger partial charge on any atom is 0.342 e. The zero-order valence-electron chi connectivity index (χ0n) is 11.6. The molecule has 4 nitrogen and oxygen atoms in total. The van der Waals surface area contributed by atoms with Crippen molar-refractivity contribution in [3.05, 3.63) is 29.8 Å². The first-order valence-electron chi connectivity index (χ1n) is 6.92. The summed E-state index contributed by atoms with van der Waals surface area (Å²) in [6.45, 7) is 2.64. The zero-order chi connectivity index (χ0) is 13.9. The smallest absolute Gasteiger partial charge is 0.342 e.